The van der Waals surface area contributed by atoms with Crippen molar-refractivity contribution in [3.63, 3.8) is 0 Å². The summed E-state index contributed by atoms with van der Waals surface area (Å²) in [6, 6.07) is 5.02. The second kappa shape index (κ2) is 7.89. The summed E-state index contributed by atoms with van der Waals surface area (Å²) in [5.41, 5.74) is 6.61. The zero-order valence-electron chi connectivity index (χ0n) is 14.8. The van der Waals surface area contributed by atoms with Gasteiger partial charge < -0.3 is 15.4 Å². The molecule has 2 aliphatic rings. The van der Waals surface area contributed by atoms with Crippen molar-refractivity contribution in [2.24, 2.45) is 10.7 Å². The molecule has 25 heavy (non-hydrogen) atoms. The van der Waals surface area contributed by atoms with Gasteiger partial charge in [-0.3, -0.25) is 9.89 Å². The van der Waals surface area contributed by atoms with Crippen LogP contribution in [-0.4, -0.2) is 61.2 Å². The Morgan fingerprint density at radius 1 is 1.52 bits per heavy atom. The quantitative estimate of drug-likeness (QED) is 0.641. The summed E-state index contributed by atoms with van der Waals surface area (Å²) in [6.45, 7) is 4.43. The normalized spacial score (nSPS) is 23.5. The Balaban J connectivity index is 1.85. The third-order valence-electron chi connectivity index (χ3n) is 4.93. The molecule has 2 fully saturated rings. The van der Waals surface area contributed by atoms with E-state index in [2.05, 4.69) is 9.89 Å². The van der Waals surface area contributed by atoms with Crippen LogP contribution in [0.15, 0.2) is 23.2 Å². The first-order chi connectivity index (χ1) is 12.0. The Morgan fingerprint density at radius 3 is 2.92 bits per heavy atom. The maximum Gasteiger partial charge on any atom is 0.191 e. The number of hydrogen-bond donors (Lipinski definition) is 1. The van der Waals surface area contributed by atoms with Crippen molar-refractivity contribution in [3.8, 4) is 0 Å². The molecule has 0 amide bonds. The first kappa shape index (κ1) is 18.4. The maximum atomic E-state index is 14.5. The average Bonchev–Trinajstić information content (AvgIpc) is 3.41. The molecule has 1 heterocycles. The van der Waals surface area contributed by atoms with E-state index in [1.54, 1.807) is 12.1 Å². The van der Waals surface area contributed by atoms with E-state index >= 15 is 0 Å². The molecule has 138 valence electrons. The van der Waals surface area contributed by atoms with Crippen molar-refractivity contribution in [1.82, 2.24) is 9.80 Å². The van der Waals surface area contributed by atoms with Gasteiger partial charge in [-0.2, -0.15) is 0 Å². The minimum Gasteiger partial charge on any atom is -0.376 e. The first-order valence-electron chi connectivity index (χ1n) is 8.79. The van der Waals surface area contributed by atoms with Gasteiger partial charge in [0.15, 0.2) is 5.96 Å². The molecule has 1 aliphatic carbocycles. The minimum atomic E-state index is -0.305. The van der Waals surface area contributed by atoms with E-state index in [1.165, 1.54) is 6.07 Å². The van der Waals surface area contributed by atoms with Crippen molar-refractivity contribution in [1.29, 1.82) is 0 Å². The van der Waals surface area contributed by atoms with Crippen LogP contribution in [0.5, 0.6) is 0 Å². The molecule has 1 saturated heterocycles. The number of guanidine groups is 1. The molecule has 0 radical (unpaired) electrons. The molecule has 7 heteroatoms. The number of nitrogens with zero attached hydrogens (tertiary/aromatic N) is 3. The smallest absolute Gasteiger partial charge is 0.191 e. The van der Waals surface area contributed by atoms with E-state index in [-0.39, 0.29) is 18.0 Å². The van der Waals surface area contributed by atoms with Gasteiger partial charge in [-0.15, -0.1) is 0 Å². The molecule has 3 rings (SSSR count). The SMILES string of the molecule is CC1CN(C(CN=C(N)N(C)C2CC2)c2c(F)cccc2Cl)CCO1. The average molecular weight is 369 g/mol. The lowest BCUT2D eigenvalue weighted by atomic mass is 10.0. The van der Waals surface area contributed by atoms with E-state index in [1.807, 2.05) is 18.9 Å². The number of benzene rings is 1. The van der Waals surface area contributed by atoms with Gasteiger partial charge in [0.25, 0.3) is 0 Å². The zero-order chi connectivity index (χ0) is 18.0. The van der Waals surface area contributed by atoms with Crippen molar-refractivity contribution >= 4 is 17.6 Å². The predicted octanol–water partition coefficient (Wildman–Crippen LogP) is 2.65. The summed E-state index contributed by atoms with van der Waals surface area (Å²) in [4.78, 5) is 8.75. The van der Waals surface area contributed by atoms with Crippen molar-refractivity contribution in [3.05, 3.63) is 34.6 Å². The molecule has 0 bridgehead atoms. The predicted molar refractivity (Wildman–Crippen MR) is 98.4 cm³/mol. The summed E-state index contributed by atoms with van der Waals surface area (Å²) < 4.78 is 20.2. The van der Waals surface area contributed by atoms with E-state index in [0.29, 0.717) is 48.8 Å². The summed E-state index contributed by atoms with van der Waals surface area (Å²) in [7, 11) is 1.96. The minimum absolute atomic E-state index is 0.0947. The van der Waals surface area contributed by atoms with Crippen molar-refractivity contribution in [2.75, 3.05) is 33.3 Å². The lowest BCUT2D eigenvalue weighted by Gasteiger charge is -2.37. The Hall–Kier alpha value is -1.37. The Labute approximate surface area is 153 Å². The molecule has 5 nitrogen and oxygen atoms in total. The van der Waals surface area contributed by atoms with Crippen LogP contribution in [-0.2, 0) is 4.74 Å². The summed E-state index contributed by atoms with van der Waals surface area (Å²) >= 11 is 6.33. The number of morpholine rings is 1. The fraction of sp³-hybridized carbons (Fsp3) is 0.611. The number of rotatable bonds is 5. The lowest BCUT2D eigenvalue weighted by Crippen LogP contribution is -2.45. The Kier molecular flexibility index (Phi) is 5.81. The van der Waals surface area contributed by atoms with E-state index in [4.69, 9.17) is 22.1 Å². The molecular formula is C18H26ClFN4O. The van der Waals surface area contributed by atoms with Crippen LogP contribution in [0.4, 0.5) is 4.39 Å². The third kappa shape index (κ3) is 4.43. The van der Waals surface area contributed by atoms with Crippen LogP contribution < -0.4 is 5.73 Å². The van der Waals surface area contributed by atoms with Crippen molar-refractivity contribution in [2.45, 2.75) is 38.0 Å². The number of hydrogen-bond acceptors (Lipinski definition) is 3. The molecule has 0 spiro atoms. The number of ether oxygens (including phenoxy) is 1. The second-order valence-corrected chi connectivity index (χ2v) is 7.28. The molecule has 1 aliphatic heterocycles. The molecule has 1 aromatic rings. The van der Waals surface area contributed by atoms with Crippen LogP contribution in [0.2, 0.25) is 5.02 Å². The zero-order valence-corrected chi connectivity index (χ0v) is 15.5. The third-order valence-corrected chi connectivity index (χ3v) is 5.26. The van der Waals surface area contributed by atoms with Gasteiger partial charge >= 0.3 is 0 Å². The standard InChI is InChI=1S/C18H26ClFN4O/c1-12-11-24(8-9-25-12)16(17-14(19)4-3-5-15(17)20)10-22-18(21)23(2)13-6-7-13/h3-5,12-13,16H,6-11H2,1-2H3,(H2,21,22). The van der Waals surface area contributed by atoms with Crippen LogP contribution in [0.1, 0.15) is 31.4 Å². The fourth-order valence-electron chi connectivity index (χ4n) is 3.29. The lowest BCUT2D eigenvalue weighted by molar-refractivity contribution is -0.0337. The maximum absolute atomic E-state index is 14.5. The number of aliphatic imine (C=N–C) groups is 1. The molecule has 0 aromatic heterocycles. The monoisotopic (exact) mass is 368 g/mol. The summed E-state index contributed by atoms with van der Waals surface area (Å²) in [5, 5.41) is 0.425. The molecule has 1 saturated carbocycles. The van der Waals surface area contributed by atoms with Crippen LogP contribution in [0.25, 0.3) is 0 Å². The van der Waals surface area contributed by atoms with Gasteiger partial charge in [0.1, 0.15) is 5.82 Å². The molecule has 2 atom stereocenters. The highest BCUT2D eigenvalue weighted by molar-refractivity contribution is 6.31. The van der Waals surface area contributed by atoms with E-state index in [0.717, 1.165) is 12.8 Å². The van der Waals surface area contributed by atoms with Gasteiger partial charge in [-0.05, 0) is 31.9 Å². The highest BCUT2D eigenvalue weighted by Crippen LogP contribution is 2.32. The van der Waals surface area contributed by atoms with Crippen LogP contribution >= 0.6 is 11.6 Å². The molecule has 2 unspecified atom stereocenters. The highest BCUT2D eigenvalue weighted by Gasteiger charge is 2.30. The van der Waals surface area contributed by atoms with Crippen molar-refractivity contribution < 1.29 is 9.13 Å². The topological polar surface area (TPSA) is 54.1 Å². The Bertz CT molecular complexity index is 617. The first-order valence-corrected chi connectivity index (χ1v) is 9.17. The second-order valence-electron chi connectivity index (χ2n) is 6.87. The summed E-state index contributed by atoms with van der Waals surface area (Å²) in [6.07, 6.45) is 2.39. The molecule has 1 aromatic carbocycles. The molecular weight excluding hydrogens is 343 g/mol. The number of nitrogens with two attached hydrogens (primary N) is 1. The van der Waals surface area contributed by atoms with Gasteiger partial charge in [-0.25, -0.2) is 4.39 Å². The van der Waals surface area contributed by atoms with Crippen LogP contribution in [0.3, 0.4) is 0 Å². The van der Waals surface area contributed by atoms with Crippen LogP contribution in [0, 0.1) is 5.82 Å². The Morgan fingerprint density at radius 2 is 2.28 bits per heavy atom. The van der Waals surface area contributed by atoms with E-state index < -0.39 is 0 Å². The van der Waals surface area contributed by atoms with Gasteiger partial charge in [0.2, 0.25) is 0 Å². The fourth-order valence-corrected chi connectivity index (χ4v) is 3.58. The highest BCUT2D eigenvalue weighted by atomic mass is 35.5. The van der Waals surface area contributed by atoms with E-state index in [9.17, 15) is 4.39 Å². The van der Waals surface area contributed by atoms with Gasteiger partial charge in [0, 0.05) is 36.8 Å². The summed E-state index contributed by atoms with van der Waals surface area (Å²) in [5.74, 6) is 0.197. The van der Waals surface area contributed by atoms with Gasteiger partial charge in [0.05, 0.1) is 25.3 Å². The largest absolute Gasteiger partial charge is 0.376 e. The number of halogens is 2. The molecule has 2 N–H and O–H groups in total. The van der Waals surface area contributed by atoms with Gasteiger partial charge in [-0.1, -0.05) is 17.7 Å².